The summed E-state index contributed by atoms with van der Waals surface area (Å²) in [6.45, 7) is 4.35. The molecule has 2 atom stereocenters. The van der Waals surface area contributed by atoms with Gasteiger partial charge >= 0.3 is 5.97 Å². The van der Waals surface area contributed by atoms with Gasteiger partial charge in [-0.15, -0.1) is 0 Å². The molecule has 1 aliphatic rings. The van der Waals surface area contributed by atoms with Crippen molar-refractivity contribution in [3.63, 3.8) is 0 Å². The Morgan fingerprint density at radius 3 is 2.82 bits per heavy atom. The lowest BCUT2D eigenvalue weighted by molar-refractivity contribution is -0.145. The standard InChI is InChI=1S/C8H15NO2/c1-4-11-7(10)6-5-8(6,2)9-3/h6,9H,4-5H2,1-3H3. The third kappa shape index (κ3) is 1.53. The van der Waals surface area contributed by atoms with Crippen LogP contribution in [0, 0.1) is 5.92 Å². The number of hydrogen-bond donors (Lipinski definition) is 1. The molecule has 0 radical (unpaired) electrons. The van der Waals surface area contributed by atoms with E-state index in [9.17, 15) is 4.79 Å². The maximum absolute atomic E-state index is 11.1. The molecule has 0 bridgehead atoms. The average molecular weight is 157 g/mol. The monoisotopic (exact) mass is 157 g/mol. The smallest absolute Gasteiger partial charge is 0.310 e. The van der Waals surface area contributed by atoms with E-state index in [2.05, 4.69) is 5.32 Å². The third-order valence-electron chi connectivity index (χ3n) is 2.38. The fraction of sp³-hybridized carbons (Fsp3) is 0.875. The predicted molar refractivity (Wildman–Crippen MR) is 42.2 cm³/mol. The van der Waals surface area contributed by atoms with Gasteiger partial charge in [-0.05, 0) is 27.3 Å². The molecule has 1 N–H and O–H groups in total. The fourth-order valence-corrected chi connectivity index (χ4v) is 1.23. The van der Waals surface area contributed by atoms with E-state index in [1.807, 2.05) is 20.9 Å². The Kier molecular flexibility index (Phi) is 2.18. The minimum atomic E-state index is -0.0654. The van der Waals surface area contributed by atoms with Crippen molar-refractivity contribution in [2.45, 2.75) is 25.8 Å². The highest BCUT2D eigenvalue weighted by Crippen LogP contribution is 2.43. The van der Waals surface area contributed by atoms with Crippen molar-refractivity contribution in [2.24, 2.45) is 5.92 Å². The van der Waals surface area contributed by atoms with Crippen molar-refractivity contribution < 1.29 is 9.53 Å². The molecule has 0 heterocycles. The maximum atomic E-state index is 11.1. The van der Waals surface area contributed by atoms with Crippen molar-refractivity contribution in [3.8, 4) is 0 Å². The largest absolute Gasteiger partial charge is 0.466 e. The van der Waals surface area contributed by atoms with Crippen LogP contribution < -0.4 is 5.32 Å². The van der Waals surface area contributed by atoms with Gasteiger partial charge in [-0.1, -0.05) is 0 Å². The number of ether oxygens (including phenoxy) is 1. The normalized spacial score (nSPS) is 35.0. The average Bonchev–Trinajstić information content (AvgIpc) is 2.65. The molecule has 0 amide bonds. The second kappa shape index (κ2) is 2.81. The molecule has 3 heteroatoms. The van der Waals surface area contributed by atoms with Crippen molar-refractivity contribution in [3.05, 3.63) is 0 Å². The summed E-state index contributed by atoms with van der Waals surface area (Å²) in [6, 6.07) is 0. The molecular formula is C8H15NO2. The predicted octanol–water partition coefficient (Wildman–Crippen LogP) is 0.547. The van der Waals surface area contributed by atoms with Crippen LogP contribution in [-0.4, -0.2) is 25.2 Å². The molecule has 1 rings (SSSR count). The number of esters is 1. The lowest BCUT2D eigenvalue weighted by Crippen LogP contribution is -2.28. The highest BCUT2D eigenvalue weighted by Gasteiger charge is 2.54. The van der Waals surface area contributed by atoms with Crippen LogP contribution in [0.4, 0.5) is 0 Å². The Labute approximate surface area is 67.1 Å². The molecule has 1 saturated carbocycles. The summed E-state index contributed by atoms with van der Waals surface area (Å²) in [5, 5.41) is 3.10. The maximum Gasteiger partial charge on any atom is 0.310 e. The van der Waals surface area contributed by atoms with Gasteiger partial charge in [-0.3, -0.25) is 4.79 Å². The number of carbonyl (C=O) groups is 1. The van der Waals surface area contributed by atoms with Crippen LogP contribution in [0.5, 0.6) is 0 Å². The minimum Gasteiger partial charge on any atom is -0.466 e. The SMILES string of the molecule is CCOC(=O)C1CC1(C)NC. The van der Waals surface area contributed by atoms with E-state index >= 15 is 0 Å². The minimum absolute atomic E-state index is 0.00620. The lowest BCUT2D eigenvalue weighted by Gasteiger charge is -2.07. The van der Waals surface area contributed by atoms with Crippen molar-refractivity contribution in [2.75, 3.05) is 13.7 Å². The van der Waals surface area contributed by atoms with E-state index in [-0.39, 0.29) is 17.4 Å². The van der Waals surface area contributed by atoms with Crippen LogP contribution in [0.3, 0.4) is 0 Å². The van der Waals surface area contributed by atoms with Crippen molar-refractivity contribution in [1.29, 1.82) is 0 Å². The van der Waals surface area contributed by atoms with Gasteiger partial charge in [0, 0.05) is 5.54 Å². The summed E-state index contributed by atoms with van der Waals surface area (Å²) in [5.74, 6) is 0.0109. The molecule has 1 aliphatic carbocycles. The van der Waals surface area contributed by atoms with Crippen LogP contribution in [0.2, 0.25) is 0 Å². The van der Waals surface area contributed by atoms with Gasteiger partial charge in [-0.2, -0.15) is 0 Å². The van der Waals surface area contributed by atoms with Gasteiger partial charge in [0.25, 0.3) is 0 Å². The van der Waals surface area contributed by atoms with Gasteiger partial charge in [0.15, 0.2) is 0 Å². The van der Waals surface area contributed by atoms with Crippen molar-refractivity contribution >= 4 is 5.97 Å². The first-order valence-electron chi connectivity index (χ1n) is 3.99. The summed E-state index contributed by atoms with van der Waals surface area (Å²) in [7, 11) is 1.87. The molecule has 3 nitrogen and oxygen atoms in total. The molecular weight excluding hydrogens is 142 g/mol. The molecule has 1 fully saturated rings. The van der Waals surface area contributed by atoms with Gasteiger partial charge in [-0.25, -0.2) is 0 Å². The molecule has 0 aromatic carbocycles. The van der Waals surface area contributed by atoms with Crippen LogP contribution in [0.1, 0.15) is 20.3 Å². The Hall–Kier alpha value is -0.570. The van der Waals surface area contributed by atoms with Crippen LogP contribution >= 0.6 is 0 Å². The fourth-order valence-electron chi connectivity index (χ4n) is 1.23. The summed E-state index contributed by atoms with van der Waals surface area (Å²) < 4.78 is 4.88. The highest BCUT2D eigenvalue weighted by molar-refractivity contribution is 5.78. The first kappa shape index (κ1) is 8.53. The van der Waals surface area contributed by atoms with Gasteiger partial charge < -0.3 is 10.1 Å². The van der Waals surface area contributed by atoms with Crippen LogP contribution in [0.25, 0.3) is 0 Å². The Morgan fingerprint density at radius 1 is 1.82 bits per heavy atom. The summed E-state index contributed by atoms with van der Waals surface area (Å²) >= 11 is 0. The summed E-state index contributed by atoms with van der Waals surface area (Å²) in [5.41, 5.74) is 0.00620. The van der Waals surface area contributed by atoms with Crippen LogP contribution in [0.15, 0.2) is 0 Å². The number of rotatable bonds is 3. The lowest BCUT2D eigenvalue weighted by atomic mass is 10.2. The van der Waals surface area contributed by atoms with E-state index < -0.39 is 0 Å². The topological polar surface area (TPSA) is 38.3 Å². The van der Waals surface area contributed by atoms with Crippen molar-refractivity contribution in [1.82, 2.24) is 5.32 Å². The molecule has 0 aromatic heterocycles. The molecule has 64 valence electrons. The van der Waals surface area contributed by atoms with Crippen LogP contribution in [-0.2, 0) is 9.53 Å². The summed E-state index contributed by atoms with van der Waals surface area (Å²) in [6.07, 6.45) is 0.905. The van der Waals surface area contributed by atoms with E-state index in [4.69, 9.17) is 4.74 Å². The van der Waals surface area contributed by atoms with E-state index in [0.717, 1.165) is 6.42 Å². The Bertz CT molecular complexity index is 169. The zero-order valence-corrected chi connectivity index (χ0v) is 7.31. The van der Waals surface area contributed by atoms with E-state index in [1.54, 1.807) is 0 Å². The summed E-state index contributed by atoms with van der Waals surface area (Å²) in [4.78, 5) is 11.1. The zero-order valence-electron chi connectivity index (χ0n) is 7.31. The Morgan fingerprint density at radius 2 is 2.45 bits per heavy atom. The first-order valence-corrected chi connectivity index (χ1v) is 3.99. The van der Waals surface area contributed by atoms with E-state index in [0.29, 0.717) is 6.61 Å². The number of carbonyl (C=O) groups excluding carboxylic acids is 1. The molecule has 2 unspecified atom stereocenters. The molecule has 0 aliphatic heterocycles. The molecule has 0 aromatic rings. The number of hydrogen-bond acceptors (Lipinski definition) is 3. The van der Waals surface area contributed by atoms with Gasteiger partial charge in [0.05, 0.1) is 12.5 Å². The second-order valence-corrected chi connectivity index (χ2v) is 3.18. The Balaban J connectivity index is 2.36. The molecule has 0 saturated heterocycles. The number of nitrogens with one attached hydrogen (secondary N) is 1. The first-order chi connectivity index (χ1) is 5.14. The quantitative estimate of drug-likeness (QED) is 0.608. The van der Waals surface area contributed by atoms with Gasteiger partial charge in [0.2, 0.25) is 0 Å². The third-order valence-corrected chi connectivity index (χ3v) is 2.38. The highest BCUT2D eigenvalue weighted by atomic mass is 16.5. The molecule has 0 spiro atoms. The van der Waals surface area contributed by atoms with E-state index in [1.165, 1.54) is 0 Å². The second-order valence-electron chi connectivity index (χ2n) is 3.18. The zero-order chi connectivity index (χ0) is 8.48. The van der Waals surface area contributed by atoms with Gasteiger partial charge in [0.1, 0.15) is 0 Å². The molecule has 11 heavy (non-hydrogen) atoms.